The zero-order valence-electron chi connectivity index (χ0n) is 13.4. The second-order valence-electron chi connectivity index (χ2n) is 5.65. The number of carbonyl (C=O) groups is 1. The molecular weight excluding hydrogens is 274 g/mol. The summed E-state index contributed by atoms with van der Waals surface area (Å²) in [5.74, 6) is -0.917. The monoisotopic (exact) mass is 295 g/mol. The molecular formula is C19H21NO2. The molecule has 0 saturated heterocycles. The van der Waals surface area contributed by atoms with Crippen molar-refractivity contribution in [3.8, 4) is 0 Å². The van der Waals surface area contributed by atoms with E-state index in [0.29, 0.717) is 5.57 Å². The Morgan fingerprint density at radius 3 is 2.14 bits per heavy atom. The number of benzene rings is 2. The normalized spacial score (nSPS) is 11.4. The minimum Gasteiger partial charge on any atom is -0.478 e. The van der Waals surface area contributed by atoms with Gasteiger partial charge in [0.1, 0.15) is 0 Å². The predicted molar refractivity (Wildman–Crippen MR) is 92.2 cm³/mol. The van der Waals surface area contributed by atoms with Crippen molar-refractivity contribution in [3.63, 3.8) is 0 Å². The Labute approximate surface area is 131 Å². The first-order valence-electron chi connectivity index (χ1n) is 7.18. The van der Waals surface area contributed by atoms with Crippen molar-refractivity contribution in [2.24, 2.45) is 0 Å². The van der Waals surface area contributed by atoms with E-state index in [-0.39, 0.29) is 0 Å². The van der Waals surface area contributed by atoms with Crippen LogP contribution in [0.3, 0.4) is 0 Å². The van der Waals surface area contributed by atoms with Crippen LogP contribution in [0.2, 0.25) is 0 Å². The third-order valence-corrected chi connectivity index (χ3v) is 3.77. The Morgan fingerprint density at radius 2 is 1.64 bits per heavy atom. The SMILES string of the molecule is Cc1ccc(/C(=C/c2ccc(N(C)C)cc2)C(=O)O)cc1C. The Kier molecular flexibility index (Phi) is 4.66. The van der Waals surface area contributed by atoms with Crippen molar-refractivity contribution in [1.82, 2.24) is 0 Å². The van der Waals surface area contributed by atoms with Crippen molar-refractivity contribution in [1.29, 1.82) is 0 Å². The Hall–Kier alpha value is -2.55. The van der Waals surface area contributed by atoms with Crippen LogP contribution in [0.15, 0.2) is 42.5 Å². The van der Waals surface area contributed by atoms with Crippen LogP contribution in [0.4, 0.5) is 5.69 Å². The molecule has 0 bridgehead atoms. The highest BCUT2D eigenvalue weighted by atomic mass is 16.4. The summed E-state index contributed by atoms with van der Waals surface area (Å²) in [5, 5.41) is 9.51. The Morgan fingerprint density at radius 1 is 1.00 bits per heavy atom. The van der Waals surface area contributed by atoms with Gasteiger partial charge >= 0.3 is 5.97 Å². The van der Waals surface area contributed by atoms with E-state index in [1.165, 1.54) is 0 Å². The zero-order valence-corrected chi connectivity index (χ0v) is 13.4. The summed E-state index contributed by atoms with van der Waals surface area (Å²) in [4.78, 5) is 13.6. The van der Waals surface area contributed by atoms with Gasteiger partial charge in [-0.1, -0.05) is 30.3 Å². The largest absolute Gasteiger partial charge is 0.478 e. The van der Waals surface area contributed by atoms with E-state index in [9.17, 15) is 9.90 Å². The number of carboxylic acid groups (broad SMARTS) is 1. The predicted octanol–water partition coefficient (Wildman–Crippen LogP) is 3.99. The van der Waals surface area contributed by atoms with E-state index in [4.69, 9.17) is 0 Å². The maximum absolute atomic E-state index is 11.6. The van der Waals surface area contributed by atoms with E-state index >= 15 is 0 Å². The molecule has 0 heterocycles. The van der Waals surface area contributed by atoms with Crippen molar-refractivity contribution < 1.29 is 9.90 Å². The third-order valence-electron chi connectivity index (χ3n) is 3.77. The smallest absolute Gasteiger partial charge is 0.336 e. The summed E-state index contributed by atoms with van der Waals surface area (Å²) < 4.78 is 0. The summed E-state index contributed by atoms with van der Waals surface area (Å²) in [6, 6.07) is 13.5. The van der Waals surface area contributed by atoms with Crippen LogP contribution in [0.1, 0.15) is 22.3 Å². The quantitative estimate of drug-likeness (QED) is 0.685. The van der Waals surface area contributed by atoms with Crippen molar-refractivity contribution >= 4 is 23.3 Å². The van der Waals surface area contributed by atoms with E-state index in [2.05, 4.69) is 0 Å². The van der Waals surface area contributed by atoms with Crippen LogP contribution in [0.25, 0.3) is 11.6 Å². The molecule has 0 saturated carbocycles. The van der Waals surface area contributed by atoms with Gasteiger partial charge in [-0.15, -0.1) is 0 Å². The Bertz CT molecular complexity index is 713. The zero-order chi connectivity index (χ0) is 16.3. The van der Waals surface area contributed by atoms with E-state index < -0.39 is 5.97 Å². The second kappa shape index (κ2) is 6.48. The molecule has 3 nitrogen and oxygen atoms in total. The van der Waals surface area contributed by atoms with Gasteiger partial charge in [0.05, 0.1) is 5.57 Å². The molecule has 2 aromatic rings. The van der Waals surface area contributed by atoms with Gasteiger partial charge in [-0.3, -0.25) is 0 Å². The molecule has 0 spiro atoms. The van der Waals surface area contributed by atoms with Gasteiger partial charge in [-0.05, 0) is 54.3 Å². The lowest BCUT2D eigenvalue weighted by Crippen LogP contribution is -2.08. The van der Waals surface area contributed by atoms with Gasteiger partial charge in [0.25, 0.3) is 0 Å². The molecule has 1 N–H and O–H groups in total. The number of nitrogens with zero attached hydrogens (tertiary/aromatic N) is 1. The fraction of sp³-hybridized carbons (Fsp3) is 0.211. The molecule has 114 valence electrons. The van der Waals surface area contributed by atoms with Crippen LogP contribution in [0.5, 0.6) is 0 Å². The fourth-order valence-electron chi connectivity index (χ4n) is 2.21. The van der Waals surface area contributed by atoms with Gasteiger partial charge in [0.15, 0.2) is 0 Å². The highest BCUT2D eigenvalue weighted by molar-refractivity contribution is 6.20. The van der Waals surface area contributed by atoms with Crippen LogP contribution in [-0.4, -0.2) is 25.2 Å². The number of anilines is 1. The lowest BCUT2D eigenvalue weighted by molar-refractivity contribution is -0.130. The summed E-state index contributed by atoms with van der Waals surface area (Å²) in [6.07, 6.45) is 1.71. The van der Waals surface area contributed by atoms with E-state index in [1.54, 1.807) is 6.08 Å². The van der Waals surface area contributed by atoms with Crippen LogP contribution in [-0.2, 0) is 4.79 Å². The average molecular weight is 295 g/mol. The summed E-state index contributed by atoms with van der Waals surface area (Å²) in [6.45, 7) is 4.01. The van der Waals surface area contributed by atoms with Crippen LogP contribution in [0, 0.1) is 13.8 Å². The number of hydrogen-bond acceptors (Lipinski definition) is 2. The number of carboxylic acids is 1. The van der Waals surface area contributed by atoms with Gasteiger partial charge in [-0.25, -0.2) is 4.79 Å². The average Bonchev–Trinajstić information content (AvgIpc) is 2.48. The highest BCUT2D eigenvalue weighted by Gasteiger charge is 2.11. The second-order valence-corrected chi connectivity index (χ2v) is 5.65. The highest BCUT2D eigenvalue weighted by Crippen LogP contribution is 2.22. The first-order chi connectivity index (χ1) is 10.4. The van der Waals surface area contributed by atoms with Crippen LogP contribution >= 0.6 is 0 Å². The topological polar surface area (TPSA) is 40.5 Å². The molecule has 0 aliphatic heterocycles. The molecule has 0 aliphatic carbocycles. The molecule has 0 amide bonds. The van der Waals surface area contributed by atoms with Gasteiger partial charge in [-0.2, -0.15) is 0 Å². The summed E-state index contributed by atoms with van der Waals surface area (Å²) >= 11 is 0. The maximum atomic E-state index is 11.6. The van der Waals surface area contributed by atoms with Gasteiger partial charge < -0.3 is 10.0 Å². The molecule has 0 aliphatic rings. The first-order valence-corrected chi connectivity index (χ1v) is 7.18. The molecule has 2 rings (SSSR count). The number of aliphatic carboxylic acids is 1. The minimum absolute atomic E-state index is 0.306. The fourth-order valence-corrected chi connectivity index (χ4v) is 2.21. The molecule has 0 atom stereocenters. The van der Waals surface area contributed by atoms with Gasteiger partial charge in [0.2, 0.25) is 0 Å². The molecule has 0 radical (unpaired) electrons. The molecule has 22 heavy (non-hydrogen) atoms. The standard InChI is InChI=1S/C19H21NO2/c1-13-5-8-16(11-14(13)2)18(19(21)22)12-15-6-9-17(10-7-15)20(3)4/h5-12H,1-4H3,(H,21,22)/b18-12-. The number of hydrogen-bond donors (Lipinski definition) is 1. The summed E-state index contributed by atoms with van der Waals surface area (Å²) in [7, 11) is 3.95. The number of aryl methyl sites for hydroxylation is 2. The molecule has 0 fully saturated rings. The van der Waals surface area contributed by atoms with Gasteiger partial charge in [0, 0.05) is 19.8 Å². The first kappa shape index (κ1) is 15.8. The lowest BCUT2D eigenvalue weighted by atomic mass is 9.98. The van der Waals surface area contributed by atoms with E-state index in [1.807, 2.05) is 75.3 Å². The number of rotatable bonds is 4. The molecule has 2 aromatic carbocycles. The van der Waals surface area contributed by atoms with Crippen molar-refractivity contribution in [2.75, 3.05) is 19.0 Å². The van der Waals surface area contributed by atoms with E-state index in [0.717, 1.165) is 27.9 Å². The lowest BCUT2D eigenvalue weighted by Gasteiger charge is -2.12. The van der Waals surface area contributed by atoms with Crippen molar-refractivity contribution in [3.05, 3.63) is 64.7 Å². The Balaban J connectivity index is 2.42. The maximum Gasteiger partial charge on any atom is 0.336 e. The molecule has 0 aromatic heterocycles. The third kappa shape index (κ3) is 3.55. The minimum atomic E-state index is -0.917. The van der Waals surface area contributed by atoms with Crippen LogP contribution < -0.4 is 4.90 Å². The molecule has 0 unspecified atom stereocenters. The molecule has 3 heteroatoms. The summed E-state index contributed by atoms with van der Waals surface area (Å²) in [5.41, 5.74) is 5.24. The van der Waals surface area contributed by atoms with Crippen molar-refractivity contribution in [2.45, 2.75) is 13.8 Å².